The van der Waals surface area contributed by atoms with Crippen molar-refractivity contribution in [3.05, 3.63) is 37.4 Å². The van der Waals surface area contributed by atoms with Crippen molar-refractivity contribution in [2.45, 2.75) is 69.2 Å². The van der Waals surface area contributed by atoms with Gasteiger partial charge in [-0.2, -0.15) is 15.0 Å². The van der Waals surface area contributed by atoms with Crippen LogP contribution in [-0.2, 0) is 22.6 Å². The Hall–Kier alpha value is -2.62. The third kappa shape index (κ3) is 9.72. The van der Waals surface area contributed by atoms with Gasteiger partial charge in [0.1, 0.15) is 11.5 Å². The van der Waals surface area contributed by atoms with Crippen molar-refractivity contribution in [2.24, 2.45) is 4.99 Å². The van der Waals surface area contributed by atoms with Crippen molar-refractivity contribution < 1.29 is 13.9 Å². The van der Waals surface area contributed by atoms with Crippen LogP contribution in [0.3, 0.4) is 0 Å². The smallest absolute Gasteiger partial charge is 0.325 e. The van der Waals surface area contributed by atoms with Crippen LogP contribution < -0.4 is 20.3 Å². The van der Waals surface area contributed by atoms with Gasteiger partial charge in [0.25, 0.3) is 0 Å². The fourth-order valence-electron chi connectivity index (χ4n) is 3.51. The molecule has 2 aromatic heterocycles. The topological polar surface area (TPSA) is 128 Å². The quantitative estimate of drug-likeness (QED) is 0.254. The van der Waals surface area contributed by atoms with Gasteiger partial charge in [-0.25, -0.2) is 14.1 Å². The highest BCUT2D eigenvalue weighted by molar-refractivity contribution is 8.00. The number of rotatable bonds is 8. The Morgan fingerprint density at radius 3 is 2.51 bits per heavy atom. The zero-order valence-corrected chi connectivity index (χ0v) is 27.0. The van der Waals surface area contributed by atoms with Crippen LogP contribution in [0.1, 0.15) is 40.5 Å². The van der Waals surface area contributed by atoms with Gasteiger partial charge in [0.05, 0.1) is 17.9 Å². The van der Waals surface area contributed by atoms with E-state index in [-0.39, 0.29) is 26.9 Å². The summed E-state index contributed by atoms with van der Waals surface area (Å²) in [5, 5.41) is 7.25. The number of methoxy groups -OCH3 is 1. The maximum atomic E-state index is 14.3. The molecule has 0 spiro atoms. The molecular weight excluding hydrogens is 611 g/mol. The normalized spacial score (nSPS) is 13.2. The fourth-order valence-corrected chi connectivity index (χ4v) is 5.85. The number of nitrogens with one attached hydrogen (secondary N) is 2. The van der Waals surface area contributed by atoms with Crippen LogP contribution in [0, 0.1) is 5.82 Å². The molecule has 1 aromatic carbocycles. The number of carbonyl (C=O) groups excluding carboxylic acids is 1. The van der Waals surface area contributed by atoms with E-state index in [9.17, 15) is 14.0 Å². The van der Waals surface area contributed by atoms with E-state index in [4.69, 9.17) is 11.6 Å². The van der Waals surface area contributed by atoms with Crippen LogP contribution in [0.25, 0.3) is 0 Å². The zero-order valence-electron chi connectivity index (χ0n) is 23.8. The average molecular weight is 645 g/mol. The summed E-state index contributed by atoms with van der Waals surface area (Å²) in [6, 6.07) is 2.64. The van der Waals surface area contributed by atoms with Crippen molar-refractivity contribution >= 4 is 70.0 Å². The second kappa shape index (κ2) is 15.0. The third-order valence-electron chi connectivity index (χ3n) is 5.30. The van der Waals surface area contributed by atoms with E-state index in [1.165, 1.54) is 24.9 Å². The third-order valence-corrected chi connectivity index (χ3v) is 8.17. The van der Waals surface area contributed by atoms with E-state index in [1.54, 1.807) is 9.36 Å². The standard InChI is InChI=1S/C15H15ClFN3O3S2.C10H19N5S/c1-23-13(21)8-24-12-7-11(10(17)6-9(12)16)18-14-19-4-2-3-5-20(19)15(22)25-14;1-6-11-7-12-8(15-10(2,3)4)14-9(13-7)16-5/h6-7H,2-5,8H2,1H3;6H2,1-5H3,(H2,11,12,13,14,15)/b18-14-;. The summed E-state index contributed by atoms with van der Waals surface area (Å²) in [4.78, 5) is 41.4. The molecule has 11 nitrogen and oxygen atoms in total. The summed E-state index contributed by atoms with van der Waals surface area (Å²) < 4.78 is 22.3. The Kier molecular flexibility index (Phi) is 12.1. The number of hydrogen-bond acceptors (Lipinski definition) is 12. The number of hydrogen-bond donors (Lipinski definition) is 2. The molecule has 0 amide bonds. The van der Waals surface area contributed by atoms with E-state index in [0.717, 1.165) is 53.7 Å². The van der Waals surface area contributed by atoms with Gasteiger partial charge in [0.15, 0.2) is 5.16 Å². The monoisotopic (exact) mass is 644 g/mol. The van der Waals surface area contributed by atoms with Crippen LogP contribution in [0.15, 0.2) is 32.0 Å². The molecule has 3 heterocycles. The van der Waals surface area contributed by atoms with E-state index < -0.39 is 11.8 Å². The van der Waals surface area contributed by atoms with E-state index in [0.29, 0.717) is 34.7 Å². The highest BCUT2D eigenvalue weighted by Crippen LogP contribution is 2.33. The molecule has 0 saturated carbocycles. The Morgan fingerprint density at radius 2 is 1.88 bits per heavy atom. The van der Waals surface area contributed by atoms with Crippen LogP contribution in [0.2, 0.25) is 5.02 Å². The number of benzene rings is 1. The molecule has 0 bridgehead atoms. The van der Waals surface area contributed by atoms with Gasteiger partial charge in [-0.1, -0.05) is 23.4 Å². The number of aromatic nitrogens is 5. The van der Waals surface area contributed by atoms with Gasteiger partial charge in [0, 0.05) is 30.1 Å². The summed E-state index contributed by atoms with van der Waals surface area (Å²) in [7, 11) is 1.30. The molecule has 4 rings (SSSR count). The van der Waals surface area contributed by atoms with Crippen molar-refractivity contribution in [2.75, 3.05) is 36.3 Å². The Morgan fingerprint density at radius 1 is 1.20 bits per heavy atom. The Labute approximate surface area is 255 Å². The lowest BCUT2D eigenvalue weighted by atomic mass is 10.1. The van der Waals surface area contributed by atoms with Gasteiger partial charge in [-0.15, -0.1) is 11.8 Å². The first-order valence-corrected chi connectivity index (χ1v) is 16.2. The molecule has 2 N–H and O–H groups in total. The second-order valence-corrected chi connectivity index (χ2v) is 12.8. The molecule has 3 aromatic rings. The lowest BCUT2D eigenvalue weighted by Gasteiger charge is -2.20. The summed E-state index contributed by atoms with van der Waals surface area (Å²) >= 11 is 9.68. The maximum absolute atomic E-state index is 14.3. The summed E-state index contributed by atoms with van der Waals surface area (Å²) in [6.07, 6.45) is 3.85. The van der Waals surface area contributed by atoms with Crippen LogP contribution in [0.5, 0.6) is 0 Å². The van der Waals surface area contributed by atoms with Crippen LogP contribution >= 0.6 is 46.5 Å². The minimum Gasteiger partial charge on any atom is -0.468 e. The predicted molar refractivity (Wildman–Crippen MR) is 164 cm³/mol. The maximum Gasteiger partial charge on any atom is 0.325 e. The van der Waals surface area contributed by atoms with Gasteiger partial charge >= 0.3 is 10.8 Å². The number of esters is 1. The SMILES string of the molecule is CCNc1nc(NC(C)(C)C)nc(SC)n1.COC(=O)CSc1cc(/N=c2\sc(=O)n3n2CCCC3)c(F)cc1Cl. The molecule has 0 saturated heterocycles. The first-order valence-electron chi connectivity index (χ1n) is 12.8. The number of anilines is 2. The summed E-state index contributed by atoms with van der Waals surface area (Å²) in [5.41, 5.74) is 0.0278. The van der Waals surface area contributed by atoms with Crippen LogP contribution in [0.4, 0.5) is 22.0 Å². The number of nitrogens with zero attached hydrogens (tertiary/aromatic N) is 6. The Bertz CT molecular complexity index is 1490. The first-order chi connectivity index (χ1) is 19.4. The van der Waals surface area contributed by atoms with Crippen LogP contribution in [-0.4, -0.2) is 61.5 Å². The molecule has 224 valence electrons. The zero-order chi connectivity index (χ0) is 30.2. The van der Waals surface area contributed by atoms with Crippen molar-refractivity contribution in [3.8, 4) is 0 Å². The highest BCUT2D eigenvalue weighted by Gasteiger charge is 2.16. The largest absolute Gasteiger partial charge is 0.468 e. The number of ether oxygens (including phenoxy) is 1. The summed E-state index contributed by atoms with van der Waals surface area (Å²) in [5.74, 6) is 0.310. The number of halogens is 2. The molecule has 1 aliphatic heterocycles. The van der Waals surface area contributed by atoms with Crippen molar-refractivity contribution in [1.82, 2.24) is 24.3 Å². The van der Waals surface area contributed by atoms with E-state index >= 15 is 0 Å². The molecular formula is C25H34ClFN8O3S3. The van der Waals surface area contributed by atoms with Gasteiger partial charge < -0.3 is 15.4 Å². The predicted octanol–water partition coefficient (Wildman–Crippen LogP) is 5.03. The highest BCUT2D eigenvalue weighted by atomic mass is 35.5. The number of thioether (sulfide) groups is 2. The summed E-state index contributed by atoms with van der Waals surface area (Å²) in [6.45, 7) is 10.4. The molecule has 1 aliphatic rings. The molecule has 0 radical (unpaired) electrons. The minimum absolute atomic E-state index is 0.0550. The average Bonchev–Trinajstić information content (AvgIpc) is 3.23. The second-order valence-electron chi connectivity index (χ2n) is 9.69. The fraction of sp³-hybridized carbons (Fsp3) is 0.520. The van der Waals surface area contributed by atoms with Gasteiger partial charge in [-0.05, 0) is 70.3 Å². The van der Waals surface area contributed by atoms with Crippen molar-refractivity contribution in [3.63, 3.8) is 0 Å². The van der Waals surface area contributed by atoms with Gasteiger partial charge in [-0.3, -0.25) is 14.3 Å². The molecule has 0 aliphatic carbocycles. The van der Waals surface area contributed by atoms with Crippen molar-refractivity contribution in [1.29, 1.82) is 0 Å². The first kappa shape index (κ1) is 32.9. The molecule has 41 heavy (non-hydrogen) atoms. The number of carbonyl (C=O) groups is 1. The molecule has 0 fully saturated rings. The molecule has 0 atom stereocenters. The minimum atomic E-state index is -0.580. The van der Waals surface area contributed by atoms with E-state index in [2.05, 4.69) is 56.1 Å². The lowest BCUT2D eigenvalue weighted by Crippen LogP contribution is -2.31. The molecule has 16 heteroatoms. The van der Waals surface area contributed by atoms with Gasteiger partial charge in [0.2, 0.25) is 16.7 Å². The number of fused-ring (bicyclic) bond motifs is 1. The Balaban J connectivity index is 0.000000250. The molecule has 0 unspecified atom stereocenters. The lowest BCUT2D eigenvalue weighted by molar-refractivity contribution is -0.137. The van der Waals surface area contributed by atoms with E-state index in [1.807, 2.05) is 13.2 Å².